The Bertz CT molecular complexity index is 1550. The summed E-state index contributed by atoms with van der Waals surface area (Å²) in [7, 11) is -1.75. The maximum Gasteiger partial charge on any atom is 0.416 e. The quantitative estimate of drug-likeness (QED) is 0.331. The van der Waals surface area contributed by atoms with Gasteiger partial charge in [0, 0.05) is 17.7 Å². The maximum atomic E-state index is 13.6. The summed E-state index contributed by atoms with van der Waals surface area (Å²) >= 11 is 0. The molecule has 1 aromatic heterocycles. The Labute approximate surface area is 230 Å². The second-order valence-corrected chi connectivity index (χ2v) is 12.0. The van der Waals surface area contributed by atoms with E-state index in [-0.39, 0.29) is 40.6 Å². The van der Waals surface area contributed by atoms with Crippen molar-refractivity contribution in [2.45, 2.75) is 49.9 Å². The largest absolute Gasteiger partial charge is 0.491 e. The Morgan fingerprint density at radius 3 is 2.33 bits per heavy atom. The van der Waals surface area contributed by atoms with Gasteiger partial charge in [0.25, 0.3) is 11.5 Å². The molecule has 1 amide bonds. The molecule has 0 saturated heterocycles. The average Bonchev–Trinajstić information content (AvgIpc) is 2.88. The van der Waals surface area contributed by atoms with Crippen molar-refractivity contribution >= 4 is 15.7 Å². The van der Waals surface area contributed by atoms with E-state index in [1.165, 1.54) is 31.2 Å². The number of rotatable bonds is 11. The van der Waals surface area contributed by atoms with Gasteiger partial charge in [-0.05, 0) is 76.7 Å². The highest BCUT2D eigenvalue weighted by Crippen LogP contribution is 2.33. The summed E-state index contributed by atoms with van der Waals surface area (Å²) < 4.78 is 72.4. The first kappa shape index (κ1) is 30.9. The SMILES string of the molecule is CNCCCOc1c(Cc2ccc(S(=O)(=O)C(C)C)cc2)c(C(N)=O)c(=O)n(-c2cccc(C(F)(F)F)c2)c1C. The van der Waals surface area contributed by atoms with E-state index in [9.17, 15) is 31.2 Å². The van der Waals surface area contributed by atoms with E-state index in [1.54, 1.807) is 33.0 Å². The number of hydrogen-bond donors (Lipinski definition) is 2. The van der Waals surface area contributed by atoms with Crippen LogP contribution in [0, 0.1) is 6.92 Å². The zero-order valence-corrected chi connectivity index (χ0v) is 23.4. The minimum atomic E-state index is -4.65. The lowest BCUT2D eigenvalue weighted by Gasteiger charge is -2.22. The van der Waals surface area contributed by atoms with Crippen LogP contribution < -0.4 is 21.3 Å². The van der Waals surface area contributed by atoms with E-state index >= 15 is 0 Å². The first-order valence-electron chi connectivity index (χ1n) is 12.6. The van der Waals surface area contributed by atoms with Gasteiger partial charge in [0.1, 0.15) is 11.3 Å². The molecule has 3 aromatic rings. The van der Waals surface area contributed by atoms with Crippen LogP contribution in [0.4, 0.5) is 13.2 Å². The Balaban J connectivity index is 2.23. The summed E-state index contributed by atoms with van der Waals surface area (Å²) in [6.45, 7) is 5.45. The lowest BCUT2D eigenvalue weighted by atomic mass is 9.98. The molecule has 8 nitrogen and oxygen atoms in total. The van der Waals surface area contributed by atoms with Crippen LogP contribution in [0.25, 0.3) is 5.69 Å². The third-order valence-corrected chi connectivity index (χ3v) is 8.58. The smallest absolute Gasteiger partial charge is 0.416 e. The molecule has 0 unspecified atom stereocenters. The summed E-state index contributed by atoms with van der Waals surface area (Å²) in [6, 6.07) is 10.2. The fraction of sp³-hybridized carbons (Fsp3) is 0.357. The van der Waals surface area contributed by atoms with Crippen LogP contribution in [-0.4, -0.2) is 44.3 Å². The number of pyridine rings is 1. The van der Waals surface area contributed by atoms with Crippen molar-refractivity contribution in [3.8, 4) is 11.4 Å². The van der Waals surface area contributed by atoms with Gasteiger partial charge in [-0.15, -0.1) is 0 Å². The van der Waals surface area contributed by atoms with E-state index in [0.717, 1.165) is 16.7 Å². The number of nitrogens with one attached hydrogen (secondary N) is 1. The summed E-state index contributed by atoms with van der Waals surface area (Å²) in [6.07, 6.45) is -4.10. The number of aromatic nitrogens is 1. The van der Waals surface area contributed by atoms with E-state index in [0.29, 0.717) is 18.5 Å². The van der Waals surface area contributed by atoms with Gasteiger partial charge < -0.3 is 15.8 Å². The van der Waals surface area contributed by atoms with Gasteiger partial charge in [-0.1, -0.05) is 18.2 Å². The fourth-order valence-corrected chi connectivity index (χ4v) is 5.33. The molecule has 0 bridgehead atoms. The van der Waals surface area contributed by atoms with Crippen molar-refractivity contribution in [3.63, 3.8) is 0 Å². The lowest BCUT2D eigenvalue weighted by Crippen LogP contribution is -2.33. The lowest BCUT2D eigenvalue weighted by molar-refractivity contribution is -0.137. The standard InChI is InChI=1S/C28H32F3N3O5S/c1-17(2)40(37,38)22-11-9-19(10-12-22)15-23-24(26(32)35)27(36)34(18(3)25(23)39-14-6-13-33-4)21-8-5-7-20(16-21)28(29,30)31/h5,7-12,16-17,33H,6,13-15H2,1-4H3,(H2,32,35). The molecule has 0 atom stereocenters. The van der Waals surface area contributed by atoms with E-state index < -0.39 is 43.9 Å². The molecule has 40 heavy (non-hydrogen) atoms. The van der Waals surface area contributed by atoms with Crippen molar-refractivity contribution in [1.82, 2.24) is 9.88 Å². The number of halogens is 3. The molecule has 0 aliphatic rings. The second-order valence-electron chi connectivity index (χ2n) is 9.54. The highest BCUT2D eigenvalue weighted by atomic mass is 32.2. The van der Waals surface area contributed by atoms with Gasteiger partial charge in [0.15, 0.2) is 9.84 Å². The number of ether oxygens (including phenoxy) is 1. The van der Waals surface area contributed by atoms with Gasteiger partial charge in [-0.2, -0.15) is 13.2 Å². The first-order valence-corrected chi connectivity index (χ1v) is 14.1. The number of amides is 1. The Hall–Kier alpha value is -3.64. The molecule has 0 radical (unpaired) electrons. The minimum Gasteiger partial charge on any atom is -0.491 e. The maximum absolute atomic E-state index is 13.6. The van der Waals surface area contributed by atoms with Gasteiger partial charge in [-0.3, -0.25) is 14.2 Å². The second kappa shape index (κ2) is 12.3. The molecule has 216 valence electrons. The predicted octanol–water partition coefficient (Wildman–Crippen LogP) is 4.02. The van der Waals surface area contributed by atoms with Crippen molar-refractivity contribution in [2.75, 3.05) is 20.2 Å². The molecule has 0 spiro atoms. The number of hydrogen-bond acceptors (Lipinski definition) is 6. The van der Waals surface area contributed by atoms with Gasteiger partial charge >= 0.3 is 6.18 Å². The Morgan fingerprint density at radius 1 is 1.12 bits per heavy atom. The third kappa shape index (κ3) is 6.56. The molecule has 0 saturated carbocycles. The highest BCUT2D eigenvalue weighted by molar-refractivity contribution is 7.92. The first-order chi connectivity index (χ1) is 18.7. The summed E-state index contributed by atoms with van der Waals surface area (Å²) in [5.74, 6) is -0.930. The molecule has 2 aromatic carbocycles. The highest BCUT2D eigenvalue weighted by Gasteiger charge is 2.31. The fourth-order valence-electron chi connectivity index (χ4n) is 4.27. The number of sulfone groups is 1. The van der Waals surface area contributed by atoms with Crippen molar-refractivity contribution < 1.29 is 31.1 Å². The normalized spacial score (nSPS) is 12.1. The summed E-state index contributed by atoms with van der Waals surface area (Å²) in [5, 5.41) is 2.36. The molecule has 0 aliphatic carbocycles. The molecular weight excluding hydrogens is 547 g/mol. The van der Waals surface area contributed by atoms with Crippen LogP contribution >= 0.6 is 0 Å². The van der Waals surface area contributed by atoms with Crippen LogP contribution in [0.5, 0.6) is 5.75 Å². The molecular formula is C28H32F3N3O5S. The average molecular weight is 580 g/mol. The zero-order valence-electron chi connectivity index (χ0n) is 22.6. The van der Waals surface area contributed by atoms with Crippen molar-refractivity contribution in [1.29, 1.82) is 0 Å². The van der Waals surface area contributed by atoms with Crippen LogP contribution in [0.1, 0.15) is 53.0 Å². The number of nitrogens with two attached hydrogens (primary N) is 1. The van der Waals surface area contributed by atoms with Crippen LogP contribution in [0.15, 0.2) is 58.2 Å². The minimum absolute atomic E-state index is 0.0127. The number of carbonyl (C=O) groups is 1. The molecule has 0 fully saturated rings. The van der Waals surface area contributed by atoms with Crippen molar-refractivity contribution in [3.05, 3.63) is 86.8 Å². The Morgan fingerprint density at radius 2 is 1.77 bits per heavy atom. The van der Waals surface area contributed by atoms with Gasteiger partial charge in [0.05, 0.1) is 28.0 Å². The van der Waals surface area contributed by atoms with Crippen molar-refractivity contribution in [2.24, 2.45) is 5.73 Å². The molecule has 0 aliphatic heterocycles. The number of nitrogens with zero attached hydrogens (tertiary/aromatic N) is 1. The topological polar surface area (TPSA) is 120 Å². The van der Waals surface area contributed by atoms with Gasteiger partial charge in [0.2, 0.25) is 0 Å². The molecule has 1 heterocycles. The number of alkyl halides is 3. The van der Waals surface area contributed by atoms with Crippen LogP contribution in [0.2, 0.25) is 0 Å². The zero-order chi connectivity index (χ0) is 29.8. The van der Waals surface area contributed by atoms with Crippen LogP contribution in [-0.2, 0) is 22.4 Å². The number of carbonyl (C=O) groups excluding carboxylic acids is 1. The number of primary amides is 1. The van der Waals surface area contributed by atoms with E-state index in [4.69, 9.17) is 10.5 Å². The molecule has 3 N–H and O–H groups in total. The van der Waals surface area contributed by atoms with Crippen LogP contribution in [0.3, 0.4) is 0 Å². The van der Waals surface area contributed by atoms with E-state index in [2.05, 4.69) is 5.32 Å². The number of benzene rings is 2. The Kier molecular flexibility index (Phi) is 9.47. The van der Waals surface area contributed by atoms with E-state index in [1.807, 2.05) is 0 Å². The summed E-state index contributed by atoms with van der Waals surface area (Å²) in [4.78, 5) is 26.4. The monoisotopic (exact) mass is 579 g/mol. The third-order valence-electron chi connectivity index (χ3n) is 6.41. The molecule has 12 heteroatoms. The van der Waals surface area contributed by atoms with Gasteiger partial charge in [-0.25, -0.2) is 8.42 Å². The molecule has 3 rings (SSSR count). The summed E-state index contributed by atoms with van der Waals surface area (Å²) in [5.41, 5.74) is 4.19. The predicted molar refractivity (Wildman–Crippen MR) is 146 cm³/mol.